The highest BCUT2D eigenvalue weighted by atomic mass is 16.3. The van der Waals surface area contributed by atoms with E-state index in [1.54, 1.807) is 0 Å². The molecular weight excluding hydrogens is 881 g/mol. The topological polar surface area (TPSA) is 13.1 Å². The first-order valence-electron chi connectivity index (χ1n) is 33.7. The third kappa shape index (κ3) is 7.32. The summed E-state index contributed by atoms with van der Waals surface area (Å²) in [5, 5.41) is 4.91. The molecule has 0 bridgehead atoms. The molecule has 1 nitrogen and oxygen atoms in total. The van der Waals surface area contributed by atoms with E-state index in [1.165, 1.54) is 54.6 Å². The lowest BCUT2D eigenvalue weighted by Gasteiger charge is -2.19. The molecule has 0 aliphatic carbocycles. The summed E-state index contributed by atoms with van der Waals surface area (Å²) in [6, 6.07) is 28.8. The predicted octanol–water partition coefficient (Wildman–Crippen LogP) is 21.3. The van der Waals surface area contributed by atoms with Crippen LogP contribution >= 0.6 is 0 Å². The molecule has 0 spiro atoms. The quantitative estimate of drug-likeness (QED) is 0.160. The van der Waals surface area contributed by atoms with Gasteiger partial charge in [0.25, 0.3) is 0 Å². The Bertz CT molecular complexity index is 5760. The summed E-state index contributed by atoms with van der Waals surface area (Å²) in [5.74, 6) is 0. The normalized spacial score (nSPS) is 15.6. The summed E-state index contributed by atoms with van der Waals surface area (Å²) in [6.45, 7) is 0. The highest BCUT2D eigenvalue weighted by Crippen LogP contribution is 2.49. The van der Waals surface area contributed by atoms with Gasteiger partial charge in [-0.3, -0.25) is 0 Å². The Morgan fingerprint density at radius 2 is 0.781 bits per heavy atom. The third-order valence-electron chi connectivity index (χ3n) is 13.1. The maximum absolute atomic E-state index is 9.32. The molecule has 1 aromatic heterocycles. The molecule has 0 saturated heterocycles. The zero-order valence-corrected chi connectivity index (χ0v) is 37.1. The van der Waals surface area contributed by atoms with Crippen molar-refractivity contribution >= 4 is 97.3 Å². The lowest BCUT2D eigenvalue weighted by molar-refractivity contribution is 0.673. The van der Waals surface area contributed by atoms with E-state index in [1.807, 2.05) is 0 Å². The van der Waals surface area contributed by atoms with Gasteiger partial charge in [0.05, 0.1) is 30.2 Å². The van der Waals surface area contributed by atoms with Gasteiger partial charge < -0.3 is 4.42 Å². The van der Waals surface area contributed by atoms with Crippen LogP contribution in [0.2, 0.25) is 0 Å². The van der Waals surface area contributed by atoms with Crippen LogP contribution in [0.25, 0.3) is 142 Å². The van der Waals surface area contributed by atoms with Crippen molar-refractivity contribution < 1.29 is 34.6 Å². The molecule has 0 unspecified atom stereocenters. The second kappa shape index (κ2) is 18.5. The number of fused-ring (bicyclic) bond motifs is 11. The first-order valence-corrected chi connectivity index (χ1v) is 22.7. The monoisotopic (exact) mass is 955 g/mol. The maximum Gasteiger partial charge on any atom is 0.143 e. The average molecular weight is 955 g/mol. The van der Waals surface area contributed by atoms with Gasteiger partial charge in [-0.15, -0.1) is 0 Å². The molecule has 73 heavy (non-hydrogen) atoms. The second-order valence-electron chi connectivity index (χ2n) is 16.9. The Morgan fingerprint density at radius 1 is 0.274 bits per heavy atom. The second-order valence-corrected chi connectivity index (χ2v) is 16.9. The molecule has 1 heteroatoms. The first-order chi connectivity index (χ1) is 44.4. The molecule has 15 aromatic rings. The number of benzene rings is 14. The van der Waals surface area contributed by atoms with E-state index in [2.05, 4.69) is 133 Å². The Hall–Kier alpha value is -9.30. The maximum atomic E-state index is 9.32. The molecule has 14 aromatic carbocycles. The van der Waals surface area contributed by atoms with E-state index in [0.717, 1.165) is 21.9 Å². The number of rotatable bonds is 4. The average Bonchev–Trinajstić information content (AvgIpc) is 1.15. The summed E-state index contributed by atoms with van der Waals surface area (Å²) in [6.07, 6.45) is 0. The van der Waals surface area contributed by atoms with Crippen molar-refractivity contribution in [1.29, 1.82) is 0 Å². The fraction of sp³-hybridized carbons (Fsp3) is 0.0278. The van der Waals surface area contributed by atoms with Crippen molar-refractivity contribution in [1.82, 2.24) is 0 Å². The molecule has 1 heterocycles. The molecule has 0 saturated carbocycles. The number of furan rings is 1. The minimum absolute atomic E-state index is 0. The van der Waals surface area contributed by atoms with Crippen LogP contribution in [0.15, 0.2) is 271 Å². The van der Waals surface area contributed by atoms with Crippen LogP contribution in [0.4, 0.5) is 0 Å². The van der Waals surface area contributed by atoms with Crippen LogP contribution in [0.3, 0.4) is 0 Å². The van der Waals surface area contributed by atoms with Crippen LogP contribution in [0.5, 0.6) is 0 Å². The van der Waals surface area contributed by atoms with Crippen molar-refractivity contribution in [3.8, 4) is 44.5 Å². The zero-order chi connectivity index (χ0) is 66.0. The fourth-order valence-corrected chi connectivity index (χ4v) is 10.1. The number of hydrogen-bond acceptors (Lipinski definition) is 1. The minimum Gasteiger partial charge on any atom is -0.455 e. The van der Waals surface area contributed by atoms with Gasteiger partial charge in [-0.2, -0.15) is 0 Å². The van der Waals surface area contributed by atoms with Crippen LogP contribution in [-0.4, -0.2) is 0 Å². The molecule has 0 atom stereocenters. The van der Waals surface area contributed by atoms with E-state index in [-0.39, 0.29) is 14.9 Å². The van der Waals surface area contributed by atoms with E-state index >= 15 is 0 Å². The molecular formula is C72H52O. The Balaban J connectivity index is 0.000000191. The highest BCUT2D eigenvalue weighted by molar-refractivity contribution is 6.27. The SMILES string of the molecule is C.C.[2H]c1c([2H])c([2H])c2c([2H])c(-c3c4c([2H])c([2H])c([2H])c([2H])c4c(-c4c([2H])c([2H])c([2H])c5c([2H])c([2H])c([2H])c([2H])c45)c4c([2H])c([2H])c([2H])c([2H])c34)c([2H])c([2H])c2c1[2H].c1ccc(-c2c3ccccc3c(-c3cccc4oc5c6ccccc6ccc5c34)c3ccccc23)cc1. The standard InChI is InChI=1S/C36H22O.C34H22.2CH4/c1-2-12-24(13-3-1)33-26-15-6-8-17-28(26)34(29-18-9-7-16-27(29)33)30-19-10-20-32-35(30)31-22-21-23-11-4-5-14-25(23)36(31)37-32;1-2-12-25-22-26(21-20-23(25)10-1)33-29-15-5-7-17-31(29)34(32-18-8-6-16-30(32)33)28-19-9-13-24-11-3-4-14-27(24)28;;/h1-22H;1-22H;2*1H4/i;1D,2D,3D,4D,5D,6D,7D,8D,9D,10D,11D,12D,13D,14D,15D,16D,17D,18D,19D,20D,21D,22D;;. The molecule has 15 rings (SSSR count). The molecule has 346 valence electrons. The lowest BCUT2D eigenvalue weighted by atomic mass is 9.84. The molecule has 0 amide bonds. The van der Waals surface area contributed by atoms with Crippen molar-refractivity contribution in [3.63, 3.8) is 0 Å². The van der Waals surface area contributed by atoms with Crippen molar-refractivity contribution in [2.75, 3.05) is 0 Å². The van der Waals surface area contributed by atoms with Gasteiger partial charge in [0.1, 0.15) is 11.2 Å². The van der Waals surface area contributed by atoms with Crippen molar-refractivity contribution in [2.45, 2.75) is 14.9 Å². The summed E-state index contributed by atoms with van der Waals surface area (Å²) >= 11 is 0. The summed E-state index contributed by atoms with van der Waals surface area (Å²) < 4.78 is 199. The van der Waals surface area contributed by atoms with Crippen molar-refractivity contribution in [2.24, 2.45) is 0 Å². The summed E-state index contributed by atoms with van der Waals surface area (Å²) in [4.78, 5) is 0. The molecule has 0 fully saturated rings. The van der Waals surface area contributed by atoms with Gasteiger partial charge in [-0.1, -0.05) is 263 Å². The van der Waals surface area contributed by atoms with E-state index in [4.69, 9.17) is 27.7 Å². The minimum atomic E-state index is -0.915. The lowest BCUT2D eigenvalue weighted by Crippen LogP contribution is -1.91. The smallest absolute Gasteiger partial charge is 0.143 e. The summed E-state index contributed by atoms with van der Waals surface area (Å²) in [7, 11) is 0. The first kappa shape index (κ1) is 26.8. The number of hydrogen-bond donors (Lipinski definition) is 0. The largest absolute Gasteiger partial charge is 0.455 e. The van der Waals surface area contributed by atoms with E-state index in [9.17, 15) is 6.85 Å². The van der Waals surface area contributed by atoms with Gasteiger partial charge in [-0.25, -0.2) is 0 Å². The Morgan fingerprint density at radius 3 is 1.45 bits per heavy atom. The van der Waals surface area contributed by atoms with Crippen LogP contribution in [0.1, 0.15) is 45.0 Å². The van der Waals surface area contributed by atoms with Crippen molar-refractivity contribution in [3.05, 3.63) is 266 Å². The molecule has 0 aliphatic rings. The third-order valence-corrected chi connectivity index (χ3v) is 13.1. The Kier molecular flexibility index (Phi) is 6.77. The van der Waals surface area contributed by atoms with E-state index < -0.39 is 198 Å². The van der Waals surface area contributed by atoms with Crippen LogP contribution in [0, 0.1) is 0 Å². The molecule has 0 aliphatic heterocycles. The van der Waals surface area contributed by atoms with Gasteiger partial charge >= 0.3 is 0 Å². The molecule has 0 radical (unpaired) electrons. The van der Waals surface area contributed by atoms with E-state index in [0.29, 0.717) is 0 Å². The van der Waals surface area contributed by atoms with Crippen LogP contribution in [-0.2, 0) is 0 Å². The fourth-order valence-electron chi connectivity index (χ4n) is 10.1. The van der Waals surface area contributed by atoms with Gasteiger partial charge in [0.2, 0.25) is 0 Å². The summed E-state index contributed by atoms with van der Waals surface area (Å²) in [5.41, 5.74) is 4.27. The van der Waals surface area contributed by atoms with Crippen LogP contribution < -0.4 is 0 Å². The zero-order valence-electron chi connectivity index (χ0n) is 59.1. The van der Waals surface area contributed by atoms with Gasteiger partial charge in [-0.05, 0) is 133 Å². The molecule has 0 N–H and O–H groups in total. The predicted molar refractivity (Wildman–Crippen MR) is 318 cm³/mol. The highest BCUT2D eigenvalue weighted by Gasteiger charge is 2.22. The van der Waals surface area contributed by atoms with Gasteiger partial charge in [0.15, 0.2) is 0 Å². The Labute approximate surface area is 456 Å². The van der Waals surface area contributed by atoms with Gasteiger partial charge in [0, 0.05) is 16.2 Å².